The summed E-state index contributed by atoms with van der Waals surface area (Å²) in [6, 6.07) is 1.05. The highest BCUT2D eigenvalue weighted by atomic mass is 32.2. The molecule has 0 aliphatic rings. The van der Waals surface area contributed by atoms with Crippen molar-refractivity contribution in [3.8, 4) is 0 Å². The summed E-state index contributed by atoms with van der Waals surface area (Å²) in [5, 5.41) is 0. The van der Waals surface area contributed by atoms with E-state index in [1.165, 1.54) is 0 Å². The van der Waals surface area contributed by atoms with E-state index >= 15 is 0 Å². The van der Waals surface area contributed by atoms with Gasteiger partial charge in [0.15, 0.2) is 34.9 Å². The number of allylic oxidation sites excluding steroid dienone is 1. The van der Waals surface area contributed by atoms with E-state index in [2.05, 4.69) is 6.58 Å². The van der Waals surface area contributed by atoms with E-state index in [0.717, 1.165) is 6.92 Å². The molecule has 2 rings (SSSR count). The number of benzene rings is 2. The summed E-state index contributed by atoms with van der Waals surface area (Å²) in [4.78, 5) is -3.01. The fourth-order valence-electron chi connectivity index (χ4n) is 1.98. The summed E-state index contributed by atoms with van der Waals surface area (Å²) in [6.07, 6.45) is 0. The second-order valence-corrected chi connectivity index (χ2v) is 6.71. The van der Waals surface area contributed by atoms with E-state index in [-0.39, 0.29) is 11.6 Å². The minimum atomic E-state index is -5.19. The van der Waals surface area contributed by atoms with Gasteiger partial charge < -0.3 is 0 Å². The SMILES string of the molecule is C=C(C)c1c(F)c(F)c(S(=O)(=O)c2ccc(F)c(F)c2)c(F)c1F. The van der Waals surface area contributed by atoms with Crippen LogP contribution >= 0.6 is 0 Å². The average Bonchev–Trinajstić information content (AvgIpc) is 2.47. The largest absolute Gasteiger partial charge is 0.218 e. The van der Waals surface area contributed by atoms with Crippen molar-refractivity contribution < 1.29 is 34.8 Å². The van der Waals surface area contributed by atoms with Gasteiger partial charge in [-0.2, -0.15) is 0 Å². The highest BCUT2D eigenvalue weighted by Crippen LogP contribution is 2.34. The van der Waals surface area contributed by atoms with Gasteiger partial charge in [0, 0.05) is 0 Å². The monoisotopic (exact) mass is 366 g/mol. The predicted octanol–water partition coefficient (Wildman–Crippen LogP) is 4.39. The maximum absolute atomic E-state index is 14.1. The second-order valence-electron chi connectivity index (χ2n) is 4.82. The van der Waals surface area contributed by atoms with Crippen LogP contribution < -0.4 is 0 Å². The van der Waals surface area contributed by atoms with Gasteiger partial charge in [-0.15, -0.1) is 0 Å². The molecule has 0 amide bonds. The van der Waals surface area contributed by atoms with Crippen LogP contribution in [-0.4, -0.2) is 8.42 Å². The molecule has 9 heteroatoms. The molecule has 0 heterocycles. The van der Waals surface area contributed by atoms with Crippen LogP contribution in [0.15, 0.2) is 34.6 Å². The molecule has 2 nitrogen and oxygen atoms in total. The molecule has 0 fully saturated rings. The number of halogens is 6. The first kappa shape index (κ1) is 18.1. The van der Waals surface area contributed by atoms with E-state index in [1.54, 1.807) is 0 Å². The molecule has 24 heavy (non-hydrogen) atoms. The van der Waals surface area contributed by atoms with Crippen LogP contribution in [0.25, 0.3) is 5.57 Å². The Morgan fingerprint density at radius 1 is 0.875 bits per heavy atom. The van der Waals surface area contributed by atoms with Gasteiger partial charge in [-0.25, -0.2) is 34.8 Å². The molecule has 0 N–H and O–H groups in total. The lowest BCUT2D eigenvalue weighted by atomic mass is 10.1. The number of sulfone groups is 1. The van der Waals surface area contributed by atoms with Crippen LogP contribution in [0.2, 0.25) is 0 Å². The lowest BCUT2D eigenvalue weighted by Gasteiger charge is -2.12. The molecule has 0 saturated heterocycles. The van der Waals surface area contributed by atoms with Gasteiger partial charge in [0.1, 0.15) is 4.90 Å². The molecule has 0 unspecified atom stereocenters. The number of rotatable bonds is 3. The second kappa shape index (κ2) is 5.97. The first-order valence-electron chi connectivity index (χ1n) is 6.22. The van der Waals surface area contributed by atoms with Gasteiger partial charge >= 0.3 is 0 Å². The third kappa shape index (κ3) is 2.68. The lowest BCUT2D eigenvalue weighted by molar-refractivity contribution is 0.416. The summed E-state index contributed by atoms with van der Waals surface area (Å²) >= 11 is 0. The molecule has 2 aromatic carbocycles. The van der Waals surface area contributed by atoms with Gasteiger partial charge in [0.2, 0.25) is 9.84 Å². The Labute approximate surface area is 133 Å². The topological polar surface area (TPSA) is 34.1 Å². The van der Waals surface area contributed by atoms with E-state index in [1.807, 2.05) is 0 Å². The van der Waals surface area contributed by atoms with E-state index in [4.69, 9.17) is 0 Å². The number of hydrogen-bond acceptors (Lipinski definition) is 2. The molecule has 2 aromatic rings. The van der Waals surface area contributed by atoms with Crippen molar-refractivity contribution in [1.82, 2.24) is 0 Å². The molecule has 0 radical (unpaired) electrons. The quantitative estimate of drug-likeness (QED) is 0.459. The fourth-order valence-corrected chi connectivity index (χ4v) is 3.38. The summed E-state index contributed by atoms with van der Waals surface area (Å²) in [5.41, 5.74) is -1.52. The van der Waals surface area contributed by atoms with Gasteiger partial charge in [0.25, 0.3) is 0 Å². The highest BCUT2D eigenvalue weighted by molar-refractivity contribution is 7.91. The molecule has 0 saturated carbocycles. The van der Waals surface area contributed by atoms with Crippen LogP contribution in [0.3, 0.4) is 0 Å². The van der Waals surface area contributed by atoms with Gasteiger partial charge in [-0.05, 0) is 30.7 Å². The molecule has 0 atom stereocenters. The molecule has 0 bridgehead atoms. The highest BCUT2D eigenvalue weighted by Gasteiger charge is 2.34. The van der Waals surface area contributed by atoms with Crippen LogP contribution in [0, 0.1) is 34.9 Å². The van der Waals surface area contributed by atoms with Crippen molar-refractivity contribution in [3.05, 3.63) is 65.2 Å². The Kier molecular flexibility index (Phi) is 4.49. The minimum absolute atomic E-state index is 0.145. The summed E-state index contributed by atoms with van der Waals surface area (Å²) in [6.45, 7) is 4.21. The van der Waals surface area contributed by atoms with Crippen LogP contribution in [-0.2, 0) is 9.84 Å². The van der Waals surface area contributed by atoms with E-state index < -0.39 is 60.1 Å². The summed E-state index contributed by atoms with van der Waals surface area (Å²) in [7, 11) is -5.19. The zero-order chi connectivity index (χ0) is 18.4. The van der Waals surface area contributed by atoms with Crippen molar-refractivity contribution >= 4 is 15.4 Å². The van der Waals surface area contributed by atoms with Crippen LogP contribution in [0.4, 0.5) is 26.3 Å². The summed E-state index contributed by atoms with van der Waals surface area (Å²) in [5.74, 6) is -11.3. The molecule has 0 aliphatic heterocycles. The van der Waals surface area contributed by atoms with E-state index in [9.17, 15) is 34.8 Å². The van der Waals surface area contributed by atoms with Crippen molar-refractivity contribution in [2.24, 2.45) is 0 Å². The van der Waals surface area contributed by atoms with Crippen molar-refractivity contribution in [2.75, 3.05) is 0 Å². The molecule has 0 spiro atoms. The minimum Gasteiger partial charge on any atom is -0.218 e. The van der Waals surface area contributed by atoms with Crippen molar-refractivity contribution in [3.63, 3.8) is 0 Å². The molecule has 0 aliphatic carbocycles. The third-order valence-electron chi connectivity index (χ3n) is 3.12. The Hall–Kier alpha value is -2.29. The third-order valence-corrected chi connectivity index (χ3v) is 4.89. The number of hydrogen-bond donors (Lipinski definition) is 0. The van der Waals surface area contributed by atoms with Gasteiger partial charge in [-0.3, -0.25) is 0 Å². The van der Waals surface area contributed by atoms with Gasteiger partial charge in [0.05, 0.1) is 10.5 Å². The molecular weight excluding hydrogens is 358 g/mol. The molecular formula is C15H8F6O2S. The Bertz CT molecular complexity index is 937. The zero-order valence-corrected chi connectivity index (χ0v) is 12.7. The first-order chi connectivity index (χ1) is 11.0. The van der Waals surface area contributed by atoms with Crippen LogP contribution in [0.1, 0.15) is 12.5 Å². The fraction of sp³-hybridized carbons (Fsp3) is 0.0667. The Balaban J connectivity index is 2.85. The zero-order valence-electron chi connectivity index (χ0n) is 11.9. The first-order valence-corrected chi connectivity index (χ1v) is 7.70. The maximum atomic E-state index is 14.1. The van der Waals surface area contributed by atoms with Crippen LogP contribution in [0.5, 0.6) is 0 Å². The smallest absolute Gasteiger partial charge is 0.212 e. The summed E-state index contributed by atoms with van der Waals surface area (Å²) < 4.78 is 106. The van der Waals surface area contributed by atoms with Crippen molar-refractivity contribution in [2.45, 2.75) is 16.7 Å². The maximum Gasteiger partial charge on any atom is 0.212 e. The Morgan fingerprint density at radius 3 is 1.79 bits per heavy atom. The normalized spacial score (nSPS) is 11.6. The van der Waals surface area contributed by atoms with E-state index in [0.29, 0.717) is 12.1 Å². The Morgan fingerprint density at radius 2 is 1.38 bits per heavy atom. The van der Waals surface area contributed by atoms with Crippen molar-refractivity contribution in [1.29, 1.82) is 0 Å². The van der Waals surface area contributed by atoms with Gasteiger partial charge in [-0.1, -0.05) is 6.58 Å². The standard InChI is InChI=1S/C15H8F6O2S/c1-6(2)10-11(18)13(20)15(14(21)12(10)19)24(22,23)7-3-4-8(16)9(17)5-7/h3-5H,1H2,2H3. The molecule has 128 valence electrons. The molecule has 0 aromatic heterocycles. The average molecular weight is 366 g/mol. The predicted molar refractivity (Wildman–Crippen MR) is 72.8 cm³/mol. The lowest BCUT2D eigenvalue weighted by Crippen LogP contribution is -2.14.